The second-order valence-electron chi connectivity index (χ2n) is 7.47. The average molecular weight is 333 g/mol. The Morgan fingerprint density at radius 1 is 1.38 bits per heavy atom. The van der Waals surface area contributed by atoms with Crippen molar-refractivity contribution in [2.75, 3.05) is 19.7 Å². The van der Waals surface area contributed by atoms with Gasteiger partial charge in [-0.1, -0.05) is 12.1 Å². The molecule has 0 spiro atoms. The molecule has 24 heavy (non-hydrogen) atoms. The van der Waals surface area contributed by atoms with Gasteiger partial charge < -0.3 is 24.4 Å². The Balaban J connectivity index is 1.93. The Bertz CT molecular complexity index is 641. The molecule has 0 saturated carbocycles. The van der Waals surface area contributed by atoms with E-state index in [1.165, 1.54) is 0 Å². The molecule has 0 bridgehead atoms. The molecule has 1 amide bonds. The average Bonchev–Trinajstić information content (AvgIpc) is 2.67. The van der Waals surface area contributed by atoms with Gasteiger partial charge >= 0.3 is 13.2 Å². The van der Waals surface area contributed by atoms with Crippen LogP contribution in [0.3, 0.4) is 0 Å². The molecule has 1 aromatic rings. The number of carbonyl (C=O) groups excluding carboxylic acids is 1. The monoisotopic (exact) mass is 333 g/mol. The van der Waals surface area contributed by atoms with Crippen LogP contribution in [0.2, 0.25) is 0 Å². The van der Waals surface area contributed by atoms with Gasteiger partial charge in [0, 0.05) is 19.0 Å². The topological polar surface area (TPSA) is 79.2 Å². The molecule has 7 heteroatoms. The van der Waals surface area contributed by atoms with Crippen LogP contribution in [0, 0.1) is 0 Å². The predicted octanol–water partition coefficient (Wildman–Crippen LogP) is 0.773. The minimum absolute atomic E-state index is 0.0254. The summed E-state index contributed by atoms with van der Waals surface area (Å²) in [6.45, 7) is 7.58. The fourth-order valence-electron chi connectivity index (χ4n) is 3.52. The summed E-state index contributed by atoms with van der Waals surface area (Å²) in [7, 11) is -1.51. The van der Waals surface area contributed by atoms with E-state index >= 15 is 0 Å². The number of ether oxygens (including phenoxy) is 2. The van der Waals surface area contributed by atoms with Gasteiger partial charge in [0.25, 0.3) is 0 Å². The number of benzene rings is 1. The van der Waals surface area contributed by atoms with Crippen LogP contribution in [0.1, 0.15) is 43.4 Å². The van der Waals surface area contributed by atoms with Crippen molar-refractivity contribution >= 4 is 18.7 Å². The highest BCUT2D eigenvalue weighted by molar-refractivity contribution is 6.59. The molecule has 6 nitrogen and oxygen atoms in total. The van der Waals surface area contributed by atoms with Crippen LogP contribution in [-0.4, -0.2) is 53.5 Å². The second kappa shape index (κ2) is 6.39. The molecule has 0 aliphatic carbocycles. The third-order valence-electron chi connectivity index (χ3n) is 4.47. The predicted molar refractivity (Wildman–Crippen MR) is 90.2 cm³/mol. The lowest BCUT2D eigenvalue weighted by Crippen LogP contribution is -2.40. The van der Waals surface area contributed by atoms with Gasteiger partial charge in [-0.2, -0.15) is 0 Å². The molecule has 0 radical (unpaired) electrons. The van der Waals surface area contributed by atoms with Gasteiger partial charge in [0.05, 0.1) is 13.2 Å². The molecule has 2 aliphatic rings. The van der Waals surface area contributed by atoms with E-state index in [0.717, 1.165) is 16.7 Å². The van der Waals surface area contributed by atoms with E-state index in [1.54, 1.807) is 11.0 Å². The summed E-state index contributed by atoms with van der Waals surface area (Å²) in [4.78, 5) is 14.2. The smallest absolute Gasteiger partial charge is 0.444 e. The van der Waals surface area contributed by atoms with Gasteiger partial charge in [0.1, 0.15) is 5.60 Å². The maximum atomic E-state index is 12.5. The molecule has 1 aromatic carbocycles. The summed E-state index contributed by atoms with van der Waals surface area (Å²) < 4.78 is 11.2. The second-order valence-corrected chi connectivity index (χ2v) is 7.47. The van der Waals surface area contributed by atoms with Crippen molar-refractivity contribution in [2.45, 2.75) is 45.3 Å². The Morgan fingerprint density at radius 3 is 2.79 bits per heavy atom. The van der Waals surface area contributed by atoms with E-state index in [-0.39, 0.29) is 12.0 Å². The molecule has 1 unspecified atom stereocenters. The first kappa shape index (κ1) is 17.3. The number of amides is 1. The van der Waals surface area contributed by atoms with Crippen LogP contribution in [0.5, 0.6) is 0 Å². The van der Waals surface area contributed by atoms with E-state index in [4.69, 9.17) is 9.47 Å². The molecule has 0 saturated heterocycles. The first-order valence-corrected chi connectivity index (χ1v) is 8.32. The number of hydrogen-bond acceptors (Lipinski definition) is 5. The minimum atomic E-state index is -1.51. The fourth-order valence-corrected chi connectivity index (χ4v) is 3.52. The molecular formula is C17H24BNO5. The Morgan fingerprint density at radius 2 is 2.12 bits per heavy atom. The lowest BCUT2D eigenvalue weighted by molar-refractivity contribution is 0.0201. The van der Waals surface area contributed by atoms with Crippen LogP contribution in [0.4, 0.5) is 4.79 Å². The molecule has 2 heterocycles. The molecule has 3 rings (SSSR count). The molecule has 130 valence electrons. The highest BCUT2D eigenvalue weighted by atomic mass is 16.6. The van der Waals surface area contributed by atoms with Gasteiger partial charge in [-0.15, -0.1) is 0 Å². The van der Waals surface area contributed by atoms with E-state index in [0.29, 0.717) is 38.2 Å². The van der Waals surface area contributed by atoms with Crippen LogP contribution in [0.15, 0.2) is 12.1 Å². The van der Waals surface area contributed by atoms with E-state index in [1.807, 2.05) is 26.8 Å². The van der Waals surface area contributed by atoms with Crippen molar-refractivity contribution in [1.82, 2.24) is 4.90 Å². The highest BCUT2D eigenvalue weighted by Gasteiger charge is 2.34. The quantitative estimate of drug-likeness (QED) is 0.743. The lowest BCUT2D eigenvalue weighted by Gasteiger charge is -2.31. The zero-order valence-corrected chi connectivity index (χ0v) is 14.4. The van der Waals surface area contributed by atoms with Crippen molar-refractivity contribution < 1.29 is 24.3 Å². The van der Waals surface area contributed by atoms with Gasteiger partial charge in [-0.05, 0) is 49.3 Å². The van der Waals surface area contributed by atoms with Gasteiger partial charge in [-0.3, -0.25) is 0 Å². The maximum absolute atomic E-state index is 12.5. The van der Waals surface area contributed by atoms with Gasteiger partial charge in [0.15, 0.2) is 0 Å². The van der Waals surface area contributed by atoms with Gasteiger partial charge in [0.2, 0.25) is 0 Å². The molecule has 2 aliphatic heterocycles. The SMILES string of the molecule is CC(C)(C)OC(=O)N1CCc2c(B(O)O)ccc3c2C(COC3)C1. The molecule has 0 fully saturated rings. The van der Waals surface area contributed by atoms with Gasteiger partial charge in [-0.25, -0.2) is 4.79 Å². The molecule has 0 aromatic heterocycles. The van der Waals surface area contributed by atoms with Crippen molar-refractivity contribution in [3.8, 4) is 0 Å². The Kier molecular flexibility index (Phi) is 4.59. The zero-order valence-electron chi connectivity index (χ0n) is 14.4. The van der Waals surface area contributed by atoms with Crippen LogP contribution >= 0.6 is 0 Å². The first-order valence-electron chi connectivity index (χ1n) is 8.32. The summed E-state index contributed by atoms with van der Waals surface area (Å²) in [5.41, 5.74) is 3.08. The van der Waals surface area contributed by atoms with Crippen LogP contribution in [-0.2, 0) is 22.5 Å². The van der Waals surface area contributed by atoms with Crippen LogP contribution in [0.25, 0.3) is 0 Å². The van der Waals surface area contributed by atoms with E-state index in [2.05, 4.69) is 0 Å². The van der Waals surface area contributed by atoms with E-state index in [9.17, 15) is 14.8 Å². The standard InChI is InChI=1S/C17H24BNO5/c1-17(2,3)24-16(20)19-7-6-13-14(18(21)22)5-4-11-9-23-10-12(8-19)15(11)13/h4-5,12,21-22H,6-10H2,1-3H3. The highest BCUT2D eigenvalue weighted by Crippen LogP contribution is 2.33. The Hall–Kier alpha value is -1.57. The summed E-state index contributed by atoms with van der Waals surface area (Å²) in [5.74, 6) is 0.0254. The number of carbonyl (C=O) groups is 1. The molecule has 2 N–H and O–H groups in total. The van der Waals surface area contributed by atoms with E-state index < -0.39 is 12.7 Å². The maximum Gasteiger partial charge on any atom is 0.488 e. The number of nitrogens with zero attached hydrogens (tertiary/aromatic N) is 1. The first-order chi connectivity index (χ1) is 11.3. The largest absolute Gasteiger partial charge is 0.488 e. The zero-order chi connectivity index (χ0) is 17.5. The van der Waals surface area contributed by atoms with Crippen molar-refractivity contribution in [3.05, 3.63) is 28.8 Å². The van der Waals surface area contributed by atoms with Crippen LogP contribution < -0.4 is 5.46 Å². The lowest BCUT2D eigenvalue weighted by atomic mass is 9.72. The Labute approximate surface area is 142 Å². The summed E-state index contributed by atoms with van der Waals surface area (Å²) in [6.07, 6.45) is 0.236. The van der Waals surface area contributed by atoms with Crippen molar-refractivity contribution in [1.29, 1.82) is 0 Å². The molecule has 1 atom stereocenters. The van der Waals surface area contributed by atoms with Crippen molar-refractivity contribution in [3.63, 3.8) is 0 Å². The summed E-state index contributed by atoms with van der Waals surface area (Å²) in [6, 6.07) is 3.64. The summed E-state index contributed by atoms with van der Waals surface area (Å²) >= 11 is 0. The third kappa shape index (κ3) is 3.43. The third-order valence-corrected chi connectivity index (χ3v) is 4.47. The summed E-state index contributed by atoms with van der Waals surface area (Å²) in [5, 5.41) is 19.4. The minimum Gasteiger partial charge on any atom is -0.444 e. The normalized spacial score (nSPS) is 20.2. The molecular weight excluding hydrogens is 309 g/mol. The number of hydrogen-bond donors (Lipinski definition) is 2. The van der Waals surface area contributed by atoms with Crippen molar-refractivity contribution in [2.24, 2.45) is 0 Å². The fraction of sp³-hybridized carbons (Fsp3) is 0.588. The number of rotatable bonds is 1.